The quantitative estimate of drug-likeness (QED) is 0.417. The summed E-state index contributed by atoms with van der Waals surface area (Å²) in [5.41, 5.74) is 2.65. The van der Waals surface area contributed by atoms with Crippen LogP contribution in [0.3, 0.4) is 0 Å². The Labute approximate surface area is 188 Å². The van der Waals surface area contributed by atoms with Crippen LogP contribution in [0.5, 0.6) is 0 Å². The van der Waals surface area contributed by atoms with Crippen LogP contribution in [0.1, 0.15) is 15.9 Å². The molecule has 32 heavy (non-hydrogen) atoms. The number of nitrogens with zero attached hydrogens (tertiary/aromatic N) is 4. The number of thiazole rings is 1. The molecule has 2 heterocycles. The first-order valence-corrected chi connectivity index (χ1v) is 11.1. The summed E-state index contributed by atoms with van der Waals surface area (Å²) in [6, 6.07) is 10.6. The highest BCUT2D eigenvalue weighted by Gasteiger charge is 2.23. The van der Waals surface area contributed by atoms with E-state index in [-0.39, 0.29) is 11.3 Å². The zero-order valence-corrected chi connectivity index (χ0v) is 18.8. The fourth-order valence-corrected chi connectivity index (χ4v) is 4.84. The average molecular weight is 457 g/mol. The normalized spacial score (nSPS) is 14.8. The Morgan fingerprint density at radius 1 is 1.25 bits per heavy atom. The second-order valence-electron chi connectivity index (χ2n) is 7.48. The van der Waals surface area contributed by atoms with Crippen molar-refractivity contribution in [2.45, 2.75) is 13.5 Å². The van der Waals surface area contributed by atoms with Crippen LogP contribution >= 0.6 is 11.3 Å². The maximum atomic E-state index is 13.0. The highest BCUT2D eigenvalue weighted by atomic mass is 32.1. The number of carbonyl (C=O) groups excluding carboxylic acids is 1. The standard InChI is InChI=1S/C22H24N4O5S/c1-15-3-5-18-20(13-15)32-22(25(18)9-10-30-2)23-21(27)16-4-6-17(19(14-16)26(28)29)24-7-11-31-12-8-24/h3-6,13-14H,7-12H2,1-2H3. The molecule has 1 fully saturated rings. The van der Waals surface area contributed by atoms with Crippen LogP contribution < -0.4 is 9.70 Å². The molecule has 0 radical (unpaired) electrons. The average Bonchev–Trinajstić information content (AvgIpc) is 3.13. The second kappa shape index (κ2) is 9.60. The predicted molar refractivity (Wildman–Crippen MR) is 122 cm³/mol. The summed E-state index contributed by atoms with van der Waals surface area (Å²) in [6.45, 7) is 5.19. The van der Waals surface area contributed by atoms with Gasteiger partial charge in [0.05, 0.1) is 35.0 Å². The monoisotopic (exact) mass is 456 g/mol. The Morgan fingerprint density at radius 3 is 2.75 bits per heavy atom. The number of methoxy groups -OCH3 is 1. The number of benzene rings is 2. The number of nitro benzene ring substituents is 1. The number of aromatic nitrogens is 1. The Morgan fingerprint density at radius 2 is 2.03 bits per heavy atom. The molecular weight excluding hydrogens is 432 g/mol. The molecule has 3 aromatic rings. The summed E-state index contributed by atoms with van der Waals surface area (Å²) in [7, 11) is 1.62. The number of amides is 1. The van der Waals surface area contributed by atoms with Gasteiger partial charge in [0.15, 0.2) is 4.80 Å². The number of morpholine rings is 1. The molecule has 2 aromatic carbocycles. The van der Waals surface area contributed by atoms with Crippen molar-refractivity contribution >= 4 is 38.8 Å². The second-order valence-corrected chi connectivity index (χ2v) is 8.49. The van der Waals surface area contributed by atoms with E-state index in [0.29, 0.717) is 49.9 Å². The number of anilines is 1. The van der Waals surface area contributed by atoms with Gasteiger partial charge in [-0.2, -0.15) is 4.99 Å². The Balaban J connectivity index is 1.73. The van der Waals surface area contributed by atoms with Crippen molar-refractivity contribution in [3.05, 3.63) is 62.4 Å². The molecule has 4 rings (SSSR count). The van der Waals surface area contributed by atoms with Crippen molar-refractivity contribution in [1.82, 2.24) is 4.57 Å². The third-order valence-electron chi connectivity index (χ3n) is 5.33. The molecule has 168 valence electrons. The first kappa shape index (κ1) is 22.1. The minimum atomic E-state index is -0.518. The molecule has 1 aliphatic rings. The molecular formula is C22H24N4O5S. The van der Waals surface area contributed by atoms with Gasteiger partial charge in [-0.1, -0.05) is 17.4 Å². The van der Waals surface area contributed by atoms with Crippen LogP contribution in [-0.2, 0) is 16.0 Å². The molecule has 0 bridgehead atoms. The van der Waals surface area contributed by atoms with Crippen LogP contribution in [0, 0.1) is 17.0 Å². The Hall–Kier alpha value is -3.08. The highest BCUT2D eigenvalue weighted by molar-refractivity contribution is 7.16. The molecule has 0 aliphatic carbocycles. The number of rotatable bonds is 6. The van der Waals surface area contributed by atoms with Crippen LogP contribution in [0.2, 0.25) is 0 Å². The summed E-state index contributed by atoms with van der Waals surface area (Å²) in [5, 5.41) is 11.7. The fraction of sp³-hybridized carbons (Fsp3) is 0.364. The zero-order valence-electron chi connectivity index (χ0n) is 17.9. The van der Waals surface area contributed by atoms with Crippen LogP contribution in [0.15, 0.2) is 41.4 Å². The molecule has 0 saturated carbocycles. The SMILES string of the molecule is COCCn1c(=NC(=O)c2ccc(N3CCOCC3)c([N+](=O)[O-])c2)sc2cc(C)ccc21. The van der Waals surface area contributed by atoms with E-state index >= 15 is 0 Å². The lowest BCUT2D eigenvalue weighted by Gasteiger charge is -2.28. The van der Waals surface area contributed by atoms with Crippen molar-refractivity contribution in [3.8, 4) is 0 Å². The van der Waals surface area contributed by atoms with Crippen LogP contribution in [-0.4, -0.2) is 55.4 Å². The van der Waals surface area contributed by atoms with Gasteiger partial charge in [-0.25, -0.2) is 0 Å². The first-order valence-electron chi connectivity index (χ1n) is 10.3. The van der Waals surface area contributed by atoms with Crippen molar-refractivity contribution in [1.29, 1.82) is 0 Å². The summed E-state index contributed by atoms with van der Waals surface area (Å²) in [5.74, 6) is -0.518. The Kier molecular flexibility index (Phi) is 6.63. The topological polar surface area (TPSA) is 99.2 Å². The number of carbonyl (C=O) groups is 1. The van der Waals surface area contributed by atoms with Gasteiger partial charge >= 0.3 is 0 Å². The van der Waals surface area contributed by atoms with Gasteiger partial charge in [0.25, 0.3) is 11.6 Å². The molecule has 9 nitrogen and oxygen atoms in total. The van der Waals surface area contributed by atoms with Crippen LogP contribution in [0.25, 0.3) is 10.2 Å². The van der Waals surface area contributed by atoms with Gasteiger partial charge in [-0.05, 0) is 36.8 Å². The van der Waals surface area contributed by atoms with E-state index in [1.807, 2.05) is 28.5 Å². The molecule has 0 spiro atoms. The van der Waals surface area contributed by atoms with Crippen LogP contribution in [0.4, 0.5) is 11.4 Å². The molecule has 1 saturated heterocycles. The third-order valence-corrected chi connectivity index (χ3v) is 6.37. The zero-order chi connectivity index (χ0) is 22.7. The lowest BCUT2D eigenvalue weighted by molar-refractivity contribution is -0.384. The molecule has 1 aliphatic heterocycles. The number of nitro groups is 1. The van der Waals surface area contributed by atoms with Crippen molar-refractivity contribution in [3.63, 3.8) is 0 Å². The predicted octanol–water partition coefficient (Wildman–Crippen LogP) is 3.14. The lowest BCUT2D eigenvalue weighted by Crippen LogP contribution is -2.36. The van der Waals surface area contributed by atoms with Crippen molar-refractivity contribution in [2.24, 2.45) is 4.99 Å². The van der Waals surface area contributed by atoms with Gasteiger partial charge in [-0.3, -0.25) is 14.9 Å². The third kappa shape index (κ3) is 4.57. The summed E-state index contributed by atoms with van der Waals surface area (Å²) >= 11 is 1.41. The van der Waals surface area contributed by atoms with Gasteiger partial charge in [0.2, 0.25) is 0 Å². The van der Waals surface area contributed by atoms with E-state index in [0.717, 1.165) is 15.8 Å². The molecule has 1 amide bonds. The van der Waals surface area contributed by atoms with Crippen molar-refractivity contribution in [2.75, 3.05) is 44.9 Å². The smallest absolute Gasteiger partial charge is 0.293 e. The van der Waals surface area contributed by atoms with E-state index in [2.05, 4.69) is 11.1 Å². The summed E-state index contributed by atoms with van der Waals surface area (Å²) < 4.78 is 13.5. The summed E-state index contributed by atoms with van der Waals surface area (Å²) in [6.07, 6.45) is 0. The van der Waals surface area contributed by atoms with E-state index in [4.69, 9.17) is 9.47 Å². The number of hydrogen-bond acceptors (Lipinski definition) is 7. The molecule has 0 N–H and O–H groups in total. The van der Waals surface area contributed by atoms with E-state index in [9.17, 15) is 14.9 Å². The van der Waals surface area contributed by atoms with Gasteiger partial charge in [0.1, 0.15) is 5.69 Å². The number of ether oxygens (including phenoxy) is 2. The maximum Gasteiger partial charge on any atom is 0.293 e. The van der Waals surface area contributed by atoms with Gasteiger partial charge in [0, 0.05) is 38.4 Å². The largest absolute Gasteiger partial charge is 0.383 e. The fourth-order valence-electron chi connectivity index (χ4n) is 3.69. The molecule has 0 unspecified atom stereocenters. The Bertz CT molecular complexity index is 1230. The van der Waals surface area contributed by atoms with E-state index in [1.165, 1.54) is 17.4 Å². The van der Waals surface area contributed by atoms with E-state index < -0.39 is 10.8 Å². The number of aryl methyl sites for hydroxylation is 1. The van der Waals surface area contributed by atoms with Crippen molar-refractivity contribution < 1.29 is 19.2 Å². The maximum absolute atomic E-state index is 13.0. The highest BCUT2D eigenvalue weighted by Crippen LogP contribution is 2.30. The lowest BCUT2D eigenvalue weighted by atomic mass is 10.1. The summed E-state index contributed by atoms with van der Waals surface area (Å²) in [4.78, 5) is 31.0. The minimum absolute atomic E-state index is 0.104. The molecule has 0 atom stereocenters. The van der Waals surface area contributed by atoms with Gasteiger partial charge < -0.3 is 18.9 Å². The number of hydrogen-bond donors (Lipinski definition) is 0. The van der Waals surface area contributed by atoms with Gasteiger partial charge in [-0.15, -0.1) is 0 Å². The molecule has 1 aromatic heterocycles. The minimum Gasteiger partial charge on any atom is -0.383 e. The number of fused-ring (bicyclic) bond motifs is 1. The van der Waals surface area contributed by atoms with E-state index in [1.54, 1.807) is 19.2 Å². The molecule has 10 heteroatoms. The first-order chi connectivity index (χ1) is 15.5.